The smallest absolute Gasteiger partial charge is 0.246 e. The van der Waals surface area contributed by atoms with Crippen molar-refractivity contribution < 1.29 is 9.59 Å². The van der Waals surface area contributed by atoms with Gasteiger partial charge in [-0.25, -0.2) is 0 Å². The Hall–Kier alpha value is -2.34. The zero-order valence-corrected chi connectivity index (χ0v) is 16.4. The maximum atomic E-state index is 12.5. The molecule has 1 atom stereocenters. The van der Waals surface area contributed by atoms with Gasteiger partial charge in [-0.3, -0.25) is 9.59 Å². The van der Waals surface area contributed by atoms with Crippen LogP contribution >= 0.6 is 15.9 Å². The molecule has 1 aliphatic rings. The van der Waals surface area contributed by atoms with Crippen LogP contribution in [0.5, 0.6) is 0 Å². The molecule has 1 saturated carbocycles. The first kappa shape index (κ1) is 18.5. The molecule has 1 fully saturated rings. The maximum absolute atomic E-state index is 12.5. The zero-order chi connectivity index (χ0) is 18.7. The SMILES string of the molecule is Cc1ccc(NC(=O)C(C)Nc2cccc(NC(=O)C3CC3)c2)c(Br)c1. The molecule has 0 aliphatic heterocycles. The number of carbonyl (C=O) groups excluding carboxylic acids is 2. The van der Waals surface area contributed by atoms with Crippen LogP contribution in [0.3, 0.4) is 0 Å². The molecule has 0 heterocycles. The van der Waals surface area contributed by atoms with Crippen LogP contribution in [-0.4, -0.2) is 17.9 Å². The van der Waals surface area contributed by atoms with Crippen LogP contribution in [0.25, 0.3) is 0 Å². The Morgan fingerprint density at radius 2 is 1.81 bits per heavy atom. The molecule has 2 aromatic rings. The molecule has 0 saturated heterocycles. The van der Waals surface area contributed by atoms with E-state index in [9.17, 15) is 9.59 Å². The van der Waals surface area contributed by atoms with Gasteiger partial charge in [-0.1, -0.05) is 12.1 Å². The number of halogens is 1. The lowest BCUT2D eigenvalue weighted by Gasteiger charge is -2.17. The Bertz CT molecular complexity index is 834. The van der Waals surface area contributed by atoms with Gasteiger partial charge in [0.2, 0.25) is 11.8 Å². The van der Waals surface area contributed by atoms with Gasteiger partial charge in [-0.05, 0) is 78.5 Å². The first-order valence-electron chi connectivity index (χ1n) is 8.67. The summed E-state index contributed by atoms with van der Waals surface area (Å²) in [4.78, 5) is 24.3. The lowest BCUT2D eigenvalue weighted by Crippen LogP contribution is -2.32. The first-order valence-corrected chi connectivity index (χ1v) is 9.46. The summed E-state index contributed by atoms with van der Waals surface area (Å²) in [7, 11) is 0. The monoisotopic (exact) mass is 415 g/mol. The fourth-order valence-corrected chi connectivity index (χ4v) is 3.15. The number of carbonyl (C=O) groups is 2. The highest BCUT2D eigenvalue weighted by molar-refractivity contribution is 9.10. The molecule has 2 aromatic carbocycles. The van der Waals surface area contributed by atoms with Gasteiger partial charge in [-0.2, -0.15) is 0 Å². The van der Waals surface area contributed by atoms with Crippen LogP contribution in [-0.2, 0) is 9.59 Å². The second-order valence-electron chi connectivity index (χ2n) is 6.68. The molecule has 0 aromatic heterocycles. The van der Waals surface area contributed by atoms with E-state index in [0.717, 1.165) is 39.9 Å². The minimum Gasteiger partial charge on any atom is -0.374 e. The van der Waals surface area contributed by atoms with E-state index >= 15 is 0 Å². The Balaban J connectivity index is 1.60. The highest BCUT2D eigenvalue weighted by Crippen LogP contribution is 2.30. The topological polar surface area (TPSA) is 70.2 Å². The van der Waals surface area contributed by atoms with E-state index in [4.69, 9.17) is 0 Å². The van der Waals surface area contributed by atoms with Crippen molar-refractivity contribution in [1.82, 2.24) is 0 Å². The Labute approximate surface area is 161 Å². The predicted molar refractivity (Wildman–Crippen MR) is 108 cm³/mol. The van der Waals surface area contributed by atoms with Crippen molar-refractivity contribution in [2.24, 2.45) is 5.92 Å². The average Bonchev–Trinajstić information content (AvgIpc) is 3.42. The number of rotatable bonds is 6. The number of nitrogens with one attached hydrogen (secondary N) is 3. The third-order valence-electron chi connectivity index (χ3n) is 4.24. The van der Waals surface area contributed by atoms with Gasteiger partial charge in [0.15, 0.2) is 0 Å². The molecule has 0 bridgehead atoms. The van der Waals surface area contributed by atoms with Crippen molar-refractivity contribution >= 4 is 44.8 Å². The Morgan fingerprint density at radius 3 is 2.50 bits per heavy atom. The molecule has 26 heavy (non-hydrogen) atoms. The molecule has 0 spiro atoms. The Kier molecular flexibility index (Phi) is 5.61. The maximum Gasteiger partial charge on any atom is 0.246 e. The van der Waals surface area contributed by atoms with E-state index in [1.54, 1.807) is 6.92 Å². The summed E-state index contributed by atoms with van der Waals surface area (Å²) in [6.07, 6.45) is 1.94. The van der Waals surface area contributed by atoms with E-state index < -0.39 is 6.04 Å². The summed E-state index contributed by atoms with van der Waals surface area (Å²) in [6, 6.07) is 12.8. The van der Waals surface area contributed by atoms with Gasteiger partial charge in [0, 0.05) is 21.8 Å². The van der Waals surface area contributed by atoms with Gasteiger partial charge >= 0.3 is 0 Å². The van der Waals surface area contributed by atoms with Crippen LogP contribution in [0.15, 0.2) is 46.9 Å². The summed E-state index contributed by atoms with van der Waals surface area (Å²) in [5, 5.41) is 9.00. The van der Waals surface area contributed by atoms with Gasteiger partial charge in [0.25, 0.3) is 0 Å². The van der Waals surface area contributed by atoms with Gasteiger partial charge in [-0.15, -0.1) is 0 Å². The highest BCUT2D eigenvalue weighted by Gasteiger charge is 2.29. The van der Waals surface area contributed by atoms with Gasteiger partial charge in [0.1, 0.15) is 6.04 Å². The minimum absolute atomic E-state index is 0.0668. The number of benzene rings is 2. The largest absolute Gasteiger partial charge is 0.374 e. The number of hydrogen-bond acceptors (Lipinski definition) is 3. The molecule has 5 nitrogen and oxygen atoms in total. The standard InChI is InChI=1S/C20H22BrN3O2/c1-12-6-9-18(17(21)10-12)24-19(25)13(2)22-15-4-3-5-16(11-15)23-20(26)14-7-8-14/h3-6,9-11,13-14,22H,7-8H2,1-2H3,(H,23,26)(H,24,25). The average molecular weight is 416 g/mol. The summed E-state index contributed by atoms with van der Waals surface area (Å²) >= 11 is 3.47. The molecule has 0 radical (unpaired) electrons. The normalized spacial score (nSPS) is 14.4. The number of amides is 2. The Morgan fingerprint density at radius 1 is 1.08 bits per heavy atom. The van der Waals surface area contributed by atoms with Crippen molar-refractivity contribution in [3.63, 3.8) is 0 Å². The number of anilines is 3. The van der Waals surface area contributed by atoms with Crippen molar-refractivity contribution in [2.75, 3.05) is 16.0 Å². The fourth-order valence-electron chi connectivity index (χ4n) is 2.55. The number of hydrogen-bond donors (Lipinski definition) is 3. The second-order valence-corrected chi connectivity index (χ2v) is 7.54. The van der Waals surface area contributed by atoms with Crippen LogP contribution in [0, 0.1) is 12.8 Å². The van der Waals surface area contributed by atoms with Gasteiger partial charge in [0.05, 0.1) is 5.69 Å². The van der Waals surface area contributed by atoms with Gasteiger partial charge < -0.3 is 16.0 Å². The third-order valence-corrected chi connectivity index (χ3v) is 4.89. The van der Waals surface area contributed by atoms with Crippen LogP contribution < -0.4 is 16.0 Å². The van der Waals surface area contributed by atoms with E-state index in [1.807, 2.05) is 49.4 Å². The van der Waals surface area contributed by atoms with E-state index in [1.165, 1.54) is 0 Å². The molecule has 1 aliphatic carbocycles. The predicted octanol–water partition coefficient (Wildman–Crippen LogP) is 4.55. The second kappa shape index (κ2) is 7.91. The molecule has 3 N–H and O–H groups in total. The molecule has 6 heteroatoms. The van der Waals surface area contributed by atoms with E-state index in [0.29, 0.717) is 0 Å². The van der Waals surface area contributed by atoms with E-state index in [-0.39, 0.29) is 17.7 Å². The molecule has 136 valence electrons. The van der Waals surface area contributed by atoms with Crippen molar-refractivity contribution in [3.05, 3.63) is 52.5 Å². The summed E-state index contributed by atoms with van der Waals surface area (Å²) in [5.41, 5.74) is 3.37. The number of aryl methyl sites for hydroxylation is 1. The minimum atomic E-state index is -0.433. The van der Waals surface area contributed by atoms with Crippen molar-refractivity contribution in [3.8, 4) is 0 Å². The van der Waals surface area contributed by atoms with Crippen LogP contribution in [0.2, 0.25) is 0 Å². The van der Waals surface area contributed by atoms with E-state index in [2.05, 4.69) is 31.9 Å². The quantitative estimate of drug-likeness (QED) is 0.648. The molecular weight excluding hydrogens is 394 g/mol. The third kappa shape index (κ3) is 4.85. The fraction of sp³-hybridized carbons (Fsp3) is 0.300. The summed E-state index contributed by atoms with van der Waals surface area (Å²) in [6.45, 7) is 3.79. The summed E-state index contributed by atoms with van der Waals surface area (Å²) in [5.74, 6) is 0.0865. The lowest BCUT2D eigenvalue weighted by molar-refractivity contribution is -0.117. The first-order chi connectivity index (χ1) is 12.4. The van der Waals surface area contributed by atoms with Crippen LogP contribution in [0.4, 0.5) is 17.1 Å². The highest BCUT2D eigenvalue weighted by atomic mass is 79.9. The molecular formula is C20H22BrN3O2. The molecule has 1 unspecified atom stereocenters. The van der Waals surface area contributed by atoms with Crippen molar-refractivity contribution in [2.45, 2.75) is 32.7 Å². The van der Waals surface area contributed by atoms with Crippen molar-refractivity contribution in [1.29, 1.82) is 0 Å². The zero-order valence-electron chi connectivity index (χ0n) is 14.8. The van der Waals surface area contributed by atoms with Crippen LogP contribution in [0.1, 0.15) is 25.3 Å². The molecule has 2 amide bonds. The molecule has 3 rings (SSSR count). The lowest BCUT2D eigenvalue weighted by atomic mass is 10.2. The summed E-state index contributed by atoms with van der Waals surface area (Å²) < 4.78 is 0.850.